The number of urea groups is 1. The summed E-state index contributed by atoms with van der Waals surface area (Å²) in [5, 5.41) is 11.6. The molecule has 1 rings (SSSR count). The molecule has 0 aromatic carbocycles. The van der Waals surface area contributed by atoms with Gasteiger partial charge in [0.15, 0.2) is 0 Å². The number of morpholine rings is 1. The Morgan fingerprint density at radius 2 is 1.78 bits per heavy atom. The third-order valence-corrected chi connectivity index (χ3v) is 2.92. The Morgan fingerprint density at radius 3 is 2.17 bits per heavy atom. The number of carbonyl (C=O) groups is 2. The van der Waals surface area contributed by atoms with Crippen LogP contribution in [0.3, 0.4) is 0 Å². The first-order chi connectivity index (χ1) is 8.31. The van der Waals surface area contributed by atoms with Gasteiger partial charge in [0.25, 0.3) is 0 Å². The number of carboxylic acids is 1. The molecule has 104 valence electrons. The molecule has 1 aliphatic rings. The number of nitrogens with one attached hydrogen (secondary N) is 1. The molecule has 0 saturated carbocycles. The van der Waals surface area contributed by atoms with Gasteiger partial charge in [-0.1, -0.05) is 13.8 Å². The molecule has 0 spiro atoms. The molecule has 1 fully saturated rings. The first-order valence-corrected chi connectivity index (χ1v) is 6.25. The van der Waals surface area contributed by atoms with Crippen molar-refractivity contribution < 1.29 is 19.4 Å². The van der Waals surface area contributed by atoms with E-state index in [4.69, 9.17) is 9.84 Å². The Kier molecular flexibility index (Phi) is 4.95. The van der Waals surface area contributed by atoms with E-state index in [-0.39, 0.29) is 24.2 Å². The number of aliphatic carboxylic acids is 1. The molecule has 6 heteroatoms. The van der Waals surface area contributed by atoms with E-state index in [1.807, 2.05) is 13.8 Å². The van der Waals surface area contributed by atoms with Crippen LogP contribution in [0.1, 0.15) is 27.7 Å². The van der Waals surface area contributed by atoms with E-state index in [9.17, 15) is 9.59 Å². The van der Waals surface area contributed by atoms with E-state index in [1.165, 1.54) is 0 Å². The molecule has 0 radical (unpaired) electrons. The van der Waals surface area contributed by atoms with Crippen molar-refractivity contribution in [1.82, 2.24) is 10.2 Å². The average Bonchev–Trinajstić information content (AvgIpc) is 2.23. The lowest BCUT2D eigenvalue weighted by Gasteiger charge is -2.36. The molecular formula is C12H22N2O4. The van der Waals surface area contributed by atoms with Crippen LogP contribution in [0.5, 0.6) is 0 Å². The summed E-state index contributed by atoms with van der Waals surface area (Å²) >= 11 is 0. The van der Waals surface area contributed by atoms with Crippen molar-refractivity contribution in [3.05, 3.63) is 0 Å². The van der Waals surface area contributed by atoms with Crippen LogP contribution in [0.4, 0.5) is 4.79 Å². The smallest absolute Gasteiger partial charge is 0.326 e. The number of nitrogens with zero attached hydrogens (tertiary/aromatic N) is 1. The topological polar surface area (TPSA) is 78.9 Å². The van der Waals surface area contributed by atoms with Crippen molar-refractivity contribution in [2.75, 3.05) is 13.1 Å². The molecule has 0 aromatic rings. The lowest BCUT2D eigenvalue weighted by molar-refractivity contribution is -0.140. The fraction of sp³-hybridized carbons (Fsp3) is 0.833. The van der Waals surface area contributed by atoms with Crippen LogP contribution in [-0.4, -0.2) is 53.3 Å². The van der Waals surface area contributed by atoms with Gasteiger partial charge in [-0.2, -0.15) is 0 Å². The van der Waals surface area contributed by atoms with Crippen LogP contribution in [0.2, 0.25) is 0 Å². The molecule has 1 aliphatic heterocycles. The Hall–Kier alpha value is -1.30. The van der Waals surface area contributed by atoms with E-state index in [0.717, 1.165) is 0 Å². The summed E-state index contributed by atoms with van der Waals surface area (Å²) < 4.78 is 5.53. The van der Waals surface area contributed by atoms with Crippen molar-refractivity contribution in [2.45, 2.75) is 45.9 Å². The largest absolute Gasteiger partial charge is 0.480 e. The zero-order chi connectivity index (χ0) is 13.9. The summed E-state index contributed by atoms with van der Waals surface area (Å²) in [6.45, 7) is 8.30. The van der Waals surface area contributed by atoms with Crippen LogP contribution in [-0.2, 0) is 9.53 Å². The first kappa shape index (κ1) is 14.8. The quantitative estimate of drug-likeness (QED) is 0.788. The standard InChI is InChI=1S/C12H22N2O4/c1-7(2)10(11(15)16)13-12(17)14-5-8(3)18-9(4)6-14/h7-10H,5-6H2,1-4H3,(H,13,17)(H,15,16)/t8-,9+,10-/m1/s1. The minimum absolute atomic E-state index is 0.0261. The molecule has 2 N–H and O–H groups in total. The van der Waals surface area contributed by atoms with Gasteiger partial charge in [0.1, 0.15) is 6.04 Å². The number of carboxylic acid groups (broad SMARTS) is 1. The lowest BCUT2D eigenvalue weighted by atomic mass is 10.1. The summed E-state index contributed by atoms with van der Waals surface area (Å²) in [6.07, 6.45) is -0.0522. The second kappa shape index (κ2) is 6.04. The molecule has 0 bridgehead atoms. The number of rotatable bonds is 3. The van der Waals surface area contributed by atoms with Gasteiger partial charge in [0.05, 0.1) is 12.2 Å². The zero-order valence-electron chi connectivity index (χ0n) is 11.3. The Balaban J connectivity index is 2.61. The third-order valence-electron chi connectivity index (χ3n) is 2.92. The number of hydrogen-bond donors (Lipinski definition) is 2. The summed E-state index contributed by atoms with van der Waals surface area (Å²) in [5.41, 5.74) is 0. The summed E-state index contributed by atoms with van der Waals surface area (Å²) in [7, 11) is 0. The van der Waals surface area contributed by atoms with E-state index >= 15 is 0 Å². The average molecular weight is 258 g/mol. The Morgan fingerprint density at radius 1 is 1.28 bits per heavy atom. The second-order valence-corrected chi connectivity index (χ2v) is 5.17. The van der Waals surface area contributed by atoms with Gasteiger partial charge in [-0.25, -0.2) is 9.59 Å². The van der Waals surface area contributed by atoms with Gasteiger partial charge < -0.3 is 20.1 Å². The van der Waals surface area contributed by atoms with Crippen LogP contribution in [0, 0.1) is 5.92 Å². The van der Waals surface area contributed by atoms with Gasteiger partial charge in [-0.3, -0.25) is 0 Å². The maximum absolute atomic E-state index is 12.0. The van der Waals surface area contributed by atoms with E-state index < -0.39 is 12.0 Å². The van der Waals surface area contributed by atoms with E-state index in [0.29, 0.717) is 13.1 Å². The van der Waals surface area contributed by atoms with Crippen LogP contribution in [0.15, 0.2) is 0 Å². The fourth-order valence-electron chi connectivity index (χ4n) is 2.08. The summed E-state index contributed by atoms with van der Waals surface area (Å²) in [4.78, 5) is 24.6. The maximum Gasteiger partial charge on any atom is 0.326 e. The molecule has 1 saturated heterocycles. The first-order valence-electron chi connectivity index (χ1n) is 6.25. The molecule has 0 aromatic heterocycles. The van der Waals surface area contributed by atoms with Gasteiger partial charge in [-0.15, -0.1) is 0 Å². The van der Waals surface area contributed by atoms with Crippen LogP contribution < -0.4 is 5.32 Å². The minimum atomic E-state index is -1.01. The van der Waals surface area contributed by atoms with Gasteiger partial charge in [0.2, 0.25) is 0 Å². The SMILES string of the molecule is CC(C)[C@@H](NC(=O)N1C[C@@H](C)O[C@@H](C)C1)C(=O)O. The van der Waals surface area contributed by atoms with Gasteiger partial charge in [0, 0.05) is 13.1 Å². The number of ether oxygens (including phenoxy) is 1. The minimum Gasteiger partial charge on any atom is -0.480 e. The van der Waals surface area contributed by atoms with Gasteiger partial charge >= 0.3 is 12.0 Å². The third kappa shape index (κ3) is 3.87. The normalized spacial score (nSPS) is 25.9. The number of carbonyl (C=O) groups excluding carboxylic acids is 1. The van der Waals surface area contributed by atoms with Crippen molar-refractivity contribution in [3.63, 3.8) is 0 Å². The molecule has 6 nitrogen and oxygen atoms in total. The monoisotopic (exact) mass is 258 g/mol. The summed E-state index contributed by atoms with van der Waals surface area (Å²) in [5.74, 6) is -1.16. The molecule has 0 aliphatic carbocycles. The highest BCUT2D eigenvalue weighted by Gasteiger charge is 2.30. The molecule has 18 heavy (non-hydrogen) atoms. The van der Waals surface area contributed by atoms with Crippen molar-refractivity contribution in [2.24, 2.45) is 5.92 Å². The van der Waals surface area contributed by atoms with E-state index in [2.05, 4.69) is 5.32 Å². The Bertz CT molecular complexity index is 309. The lowest BCUT2D eigenvalue weighted by Crippen LogP contribution is -2.55. The maximum atomic E-state index is 12.0. The molecular weight excluding hydrogens is 236 g/mol. The fourth-order valence-corrected chi connectivity index (χ4v) is 2.08. The highest BCUT2D eigenvalue weighted by Crippen LogP contribution is 2.11. The van der Waals surface area contributed by atoms with Crippen LogP contribution in [0.25, 0.3) is 0 Å². The highest BCUT2D eigenvalue weighted by atomic mass is 16.5. The van der Waals surface area contributed by atoms with Crippen molar-refractivity contribution in [1.29, 1.82) is 0 Å². The number of hydrogen-bond acceptors (Lipinski definition) is 3. The molecule has 0 unspecified atom stereocenters. The second-order valence-electron chi connectivity index (χ2n) is 5.17. The zero-order valence-corrected chi connectivity index (χ0v) is 11.3. The predicted molar refractivity (Wildman–Crippen MR) is 66.4 cm³/mol. The van der Waals surface area contributed by atoms with Crippen LogP contribution >= 0.6 is 0 Å². The van der Waals surface area contributed by atoms with Crippen molar-refractivity contribution >= 4 is 12.0 Å². The molecule has 3 atom stereocenters. The van der Waals surface area contributed by atoms with E-state index in [1.54, 1.807) is 18.7 Å². The predicted octanol–water partition coefficient (Wildman–Crippen LogP) is 0.914. The van der Waals surface area contributed by atoms with Gasteiger partial charge in [-0.05, 0) is 19.8 Å². The molecule has 1 heterocycles. The Labute approximate surface area is 107 Å². The highest BCUT2D eigenvalue weighted by molar-refractivity contribution is 5.82. The van der Waals surface area contributed by atoms with Crippen molar-refractivity contribution in [3.8, 4) is 0 Å². The summed E-state index contributed by atoms with van der Waals surface area (Å²) in [6, 6.07) is -1.19. The number of amides is 2. The molecule has 2 amide bonds.